The van der Waals surface area contributed by atoms with Crippen molar-refractivity contribution in [1.82, 2.24) is 9.55 Å². The van der Waals surface area contributed by atoms with Gasteiger partial charge in [-0.1, -0.05) is 19.1 Å². The van der Waals surface area contributed by atoms with Gasteiger partial charge in [-0.3, -0.25) is 4.79 Å². The molecule has 2 aliphatic heterocycles. The number of aliphatic hydroxyl groups excluding tert-OH is 1. The molecule has 1 aliphatic carbocycles. The topological polar surface area (TPSA) is 111 Å². The zero-order valence-corrected chi connectivity index (χ0v) is 19.9. The second-order valence-electron chi connectivity index (χ2n) is 9.83. The average molecular weight is 493 g/mol. The van der Waals surface area contributed by atoms with E-state index in [0.29, 0.717) is 22.5 Å². The van der Waals surface area contributed by atoms with E-state index in [1.807, 2.05) is 19.1 Å². The number of hydrogen-bond donors (Lipinski definition) is 2. The van der Waals surface area contributed by atoms with Crippen LogP contribution >= 0.6 is 0 Å². The van der Waals surface area contributed by atoms with Crippen LogP contribution in [0.1, 0.15) is 48.1 Å². The van der Waals surface area contributed by atoms with E-state index >= 15 is 0 Å². The van der Waals surface area contributed by atoms with Gasteiger partial charge in [0.05, 0.1) is 48.8 Å². The van der Waals surface area contributed by atoms with Gasteiger partial charge in [0.25, 0.3) is 5.56 Å². The maximum Gasteiger partial charge on any atom is 0.343 e. The molecule has 9 heteroatoms. The Morgan fingerprint density at radius 1 is 1.25 bits per heavy atom. The van der Waals surface area contributed by atoms with Gasteiger partial charge in [0.1, 0.15) is 12.4 Å². The third kappa shape index (κ3) is 3.00. The summed E-state index contributed by atoms with van der Waals surface area (Å²) >= 11 is 0. The lowest BCUT2D eigenvalue weighted by atomic mass is 9.74. The van der Waals surface area contributed by atoms with E-state index in [-0.39, 0.29) is 56.1 Å². The number of halogens is 1. The molecule has 0 spiro atoms. The van der Waals surface area contributed by atoms with Crippen LogP contribution in [0, 0.1) is 5.82 Å². The van der Waals surface area contributed by atoms with E-state index in [9.17, 15) is 24.2 Å². The SMILES string of the molecule is CC[C@@]1(O)C(=O)OCc2c1cc1n(c2=O)Cc2c-1nc1cc(F)cc3c1c2[C@@](C)(COCCO)C=C3. The predicted molar refractivity (Wildman–Crippen MR) is 129 cm³/mol. The normalized spacial score (nSPS) is 23.4. The van der Waals surface area contributed by atoms with Crippen LogP contribution in [0.3, 0.4) is 0 Å². The first kappa shape index (κ1) is 23.0. The molecule has 0 fully saturated rings. The Bertz CT molecular complexity index is 1560. The minimum atomic E-state index is -1.93. The summed E-state index contributed by atoms with van der Waals surface area (Å²) in [5, 5.41) is 21.1. The van der Waals surface area contributed by atoms with Gasteiger partial charge in [-0.25, -0.2) is 14.2 Å². The van der Waals surface area contributed by atoms with Crippen LogP contribution in [0.4, 0.5) is 4.39 Å². The number of cyclic esters (lactones) is 1. The van der Waals surface area contributed by atoms with Crippen LogP contribution in [-0.4, -0.2) is 45.6 Å². The first-order valence-electron chi connectivity index (χ1n) is 11.9. The molecule has 3 aliphatic rings. The van der Waals surface area contributed by atoms with Crippen molar-refractivity contribution in [3.8, 4) is 11.4 Å². The zero-order chi connectivity index (χ0) is 25.4. The Morgan fingerprint density at radius 3 is 2.81 bits per heavy atom. The molecule has 36 heavy (non-hydrogen) atoms. The molecule has 0 saturated heterocycles. The molecular weight excluding hydrogens is 467 g/mol. The van der Waals surface area contributed by atoms with E-state index in [4.69, 9.17) is 14.5 Å². The lowest BCUT2D eigenvalue weighted by Gasteiger charge is -2.33. The van der Waals surface area contributed by atoms with Crippen molar-refractivity contribution in [3.05, 3.63) is 68.3 Å². The predicted octanol–water partition coefficient (Wildman–Crippen LogP) is 2.51. The Balaban J connectivity index is 1.64. The fourth-order valence-corrected chi connectivity index (χ4v) is 5.80. The smallest absolute Gasteiger partial charge is 0.343 e. The van der Waals surface area contributed by atoms with E-state index in [0.717, 1.165) is 16.5 Å². The van der Waals surface area contributed by atoms with E-state index in [1.54, 1.807) is 17.6 Å². The molecule has 3 aromatic rings. The maximum atomic E-state index is 14.5. The highest BCUT2D eigenvalue weighted by Crippen LogP contribution is 2.47. The van der Waals surface area contributed by atoms with Gasteiger partial charge >= 0.3 is 5.97 Å². The van der Waals surface area contributed by atoms with E-state index in [2.05, 4.69) is 0 Å². The molecule has 6 rings (SSSR count). The molecule has 186 valence electrons. The lowest BCUT2D eigenvalue weighted by molar-refractivity contribution is -0.172. The molecule has 0 bridgehead atoms. The first-order chi connectivity index (χ1) is 17.2. The Hall–Kier alpha value is -3.40. The van der Waals surface area contributed by atoms with E-state index < -0.39 is 22.8 Å². The second kappa shape index (κ2) is 7.80. The summed E-state index contributed by atoms with van der Waals surface area (Å²) in [5.41, 5.74) is 1.37. The molecule has 0 unspecified atom stereocenters. The van der Waals surface area contributed by atoms with Crippen LogP contribution < -0.4 is 5.56 Å². The van der Waals surface area contributed by atoms with Crippen LogP contribution in [0.25, 0.3) is 28.4 Å². The summed E-state index contributed by atoms with van der Waals surface area (Å²) in [6, 6.07) is 4.48. The number of ether oxygens (including phenoxy) is 2. The van der Waals surface area contributed by atoms with Crippen molar-refractivity contribution in [1.29, 1.82) is 0 Å². The van der Waals surface area contributed by atoms with Gasteiger partial charge in [0, 0.05) is 28.0 Å². The van der Waals surface area contributed by atoms with Crippen LogP contribution in [0.5, 0.6) is 0 Å². The van der Waals surface area contributed by atoms with E-state index in [1.165, 1.54) is 12.1 Å². The number of carbonyl (C=O) groups is 1. The molecular formula is C27H25FN2O6. The molecule has 2 aromatic heterocycles. The number of hydrogen-bond acceptors (Lipinski definition) is 7. The fraction of sp³-hybridized carbons (Fsp3) is 0.370. The number of benzene rings is 1. The van der Waals surface area contributed by atoms with Crippen molar-refractivity contribution in [2.45, 2.75) is 44.4 Å². The summed E-state index contributed by atoms with van der Waals surface area (Å²) in [7, 11) is 0. The van der Waals surface area contributed by atoms with Crippen molar-refractivity contribution in [3.63, 3.8) is 0 Å². The first-order valence-corrected chi connectivity index (χ1v) is 11.9. The highest BCUT2D eigenvalue weighted by Gasteiger charge is 2.46. The maximum absolute atomic E-state index is 14.5. The molecule has 0 radical (unpaired) electrons. The summed E-state index contributed by atoms with van der Waals surface area (Å²) < 4.78 is 27.0. The molecule has 8 nitrogen and oxygen atoms in total. The van der Waals surface area contributed by atoms with Crippen molar-refractivity contribution in [2.75, 3.05) is 19.8 Å². The summed E-state index contributed by atoms with van der Waals surface area (Å²) in [6.07, 6.45) is 3.86. The number of rotatable bonds is 5. The number of pyridine rings is 2. The quantitative estimate of drug-likeness (QED) is 0.325. The van der Waals surface area contributed by atoms with Crippen molar-refractivity contribution < 1.29 is 28.9 Å². The summed E-state index contributed by atoms with van der Waals surface area (Å²) in [6.45, 7) is 4.00. The Morgan fingerprint density at radius 2 is 2.06 bits per heavy atom. The standard InChI is InChI=1S/C27H25FN2O6/c1-3-27(34)18-10-20-23-16(11-30(20)24(32)17(18)12-36-25(27)33)22-21-14(8-15(28)9-19(21)29-23)4-5-26(22,2)13-35-7-6-31/h4-5,8-10,31,34H,3,6-7,11-13H2,1-2H3/t26-,27+/m1/s1. The van der Waals surface area contributed by atoms with Crippen molar-refractivity contribution in [2.24, 2.45) is 0 Å². The van der Waals surface area contributed by atoms with Gasteiger partial charge in [-0.2, -0.15) is 0 Å². The molecule has 0 saturated carbocycles. The zero-order valence-electron chi connectivity index (χ0n) is 19.9. The number of nitrogens with zero attached hydrogens (tertiary/aromatic N) is 2. The molecule has 4 heterocycles. The number of fused-ring (bicyclic) bond motifs is 5. The highest BCUT2D eigenvalue weighted by molar-refractivity contribution is 5.97. The van der Waals surface area contributed by atoms with Crippen molar-refractivity contribution >= 4 is 22.9 Å². The molecule has 1 aromatic carbocycles. The summed E-state index contributed by atoms with van der Waals surface area (Å²) in [5.74, 6) is -1.21. The van der Waals surface area contributed by atoms with Gasteiger partial charge < -0.3 is 24.3 Å². The number of aromatic nitrogens is 2. The Kier molecular flexibility index (Phi) is 4.99. The number of aliphatic hydroxyl groups is 2. The second-order valence-corrected chi connectivity index (χ2v) is 9.83. The molecule has 2 atom stereocenters. The van der Waals surface area contributed by atoms with Gasteiger partial charge in [0.2, 0.25) is 0 Å². The minimum Gasteiger partial charge on any atom is -0.458 e. The van der Waals surface area contributed by atoms with Gasteiger partial charge in [-0.15, -0.1) is 0 Å². The third-order valence-electron chi connectivity index (χ3n) is 7.62. The molecule has 0 amide bonds. The minimum absolute atomic E-state index is 0.0462. The molecule has 2 N–H and O–H groups in total. The number of esters is 1. The third-order valence-corrected chi connectivity index (χ3v) is 7.62. The Labute approximate surface area is 205 Å². The fourth-order valence-electron chi connectivity index (χ4n) is 5.80. The number of carbonyl (C=O) groups excluding carboxylic acids is 1. The average Bonchev–Trinajstić information content (AvgIpc) is 3.22. The van der Waals surface area contributed by atoms with Crippen LogP contribution in [0.2, 0.25) is 0 Å². The summed E-state index contributed by atoms with van der Waals surface area (Å²) in [4.78, 5) is 30.8. The van der Waals surface area contributed by atoms with Crippen LogP contribution in [0.15, 0.2) is 29.1 Å². The largest absolute Gasteiger partial charge is 0.458 e. The lowest BCUT2D eigenvalue weighted by Crippen LogP contribution is -2.44. The van der Waals surface area contributed by atoms with Gasteiger partial charge in [0.15, 0.2) is 5.60 Å². The van der Waals surface area contributed by atoms with Crippen LogP contribution in [-0.2, 0) is 38.4 Å². The van der Waals surface area contributed by atoms with Gasteiger partial charge in [-0.05, 0) is 36.6 Å². The highest BCUT2D eigenvalue weighted by atomic mass is 19.1. The monoisotopic (exact) mass is 492 g/mol.